The van der Waals surface area contributed by atoms with Gasteiger partial charge in [-0.1, -0.05) is 99.7 Å². The van der Waals surface area contributed by atoms with Crippen LogP contribution in [0.15, 0.2) is 60.7 Å². The lowest BCUT2D eigenvalue weighted by Crippen LogP contribution is -2.54. The number of nitrogens with one attached hydrogen (secondary N) is 3. The van der Waals surface area contributed by atoms with Crippen LogP contribution < -0.4 is 16.0 Å². The molecule has 2 atom stereocenters. The molecule has 216 valence electrons. The van der Waals surface area contributed by atoms with E-state index in [0.29, 0.717) is 13.0 Å². The lowest BCUT2D eigenvalue weighted by molar-refractivity contribution is -0.150. The summed E-state index contributed by atoms with van der Waals surface area (Å²) in [6.45, 7) is 2.56. The zero-order valence-electron chi connectivity index (χ0n) is 23.2. The van der Waals surface area contributed by atoms with Crippen molar-refractivity contribution in [3.63, 3.8) is 0 Å². The van der Waals surface area contributed by atoms with Crippen LogP contribution in [0.3, 0.4) is 0 Å². The topological polar surface area (TPSA) is 123 Å². The van der Waals surface area contributed by atoms with Gasteiger partial charge in [-0.2, -0.15) is 0 Å². The fraction of sp³-hybridized carbons (Fsp3) is 0.484. The predicted octanol–water partition coefficient (Wildman–Crippen LogP) is 3.41. The Kier molecular flexibility index (Phi) is 13.2. The highest BCUT2D eigenvalue weighted by molar-refractivity contribution is 5.93. The third-order valence-electron chi connectivity index (χ3n) is 6.92. The summed E-state index contributed by atoms with van der Waals surface area (Å²) in [5, 5.41) is 8.31. The molecule has 3 rings (SSSR count). The smallest absolute Gasteiger partial charge is 0.328 e. The van der Waals surface area contributed by atoms with Crippen LogP contribution in [0.1, 0.15) is 63.0 Å². The van der Waals surface area contributed by atoms with E-state index < -0.39 is 35.8 Å². The van der Waals surface area contributed by atoms with Gasteiger partial charge in [0.1, 0.15) is 25.3 Å². The summed E-state index contributed by atoms with van der Waals surface area (Å²) in [5.74, 6) is -1.95. The van der Waals surface area contributed by atoms with Crippen LogP contribution in [-0.4, -0.2) is 48.9 Å². The molecule has 1 aliphatic carbocycles. The average Bonchev–Trinajstić information content (AvgIpc) is 2.98. The van der Waals surface area contributed by atoms with Crippen molar-refractivity contribution >= 4 is 23.8 Å². The molecule has 0 saturated heterocycles. The highest BCUT2D eigenvalue weighted by Gasteiger charge is 2.31. The maximum absolute atomic E-state index is 13.4. The van der Waals surface area contributed by atoms with Crippen LogP contribution in [0, 0.1) is 5.92 Å². The van der Waals surface area contributed by atoms with Crippen LogP contribution in [0.2, 0.25) is 0 Å². The van der Waals surface area contributed by atoms with Crippen molar-refractivity contribution in [1.82, 2.24) is 16.0 Å². The average molecular weight is 552 g/mol. The number of carbonyl (C=O) groups is 4. The van der Waals surface area contributed by atoms with Crippen molar-refractivity contribution in [2.24, 2.45) is 5.92 Å². The largest absolute Gasteiger partial charge is 0.461 e. The molecule has 2 aromatic rings. The first-order valence-electron chi connectivity index (χ1n) is 14.1. The summed E-state index contributed by atoms with van der Waals surface area (Å²) in [7, 11) is 0. The number of likely N-dealkylation sites (N-methyl/N-ethyl adjacent to an activating group) is 1. The molecule has 40 heavy (non-hydrogen) atoms. The zero-order valence-corrected chi connectivity index (χ0v) is 23.2. The first kappa shape index (κ1) is 30.8. The van der Waals surface area contributed by atoms with E-state index in [2.05, 4.69) is 16.0 Å². The number of amides is 2. The summed E-state index contributed by atoms with van der Waals surface area (Å²) in [6.07, 6.45) is 5.36. The molecule has 3 N–H and O–H groups in total. The minimum atomic E-state index is -1.20. The van der Waals surface area contributed by atoms with Gasteiger partial charge in [0, 0.05) is 0 Å². The number of esters is 2. The first-order chi connectivity index (χ1) is 19.4. The van der Waals surface area contributed by atoms with E-state index in [4.69, 9.17) is 9.47 Å². The molecule has 1 aliphatic rings. The SMILES string of the molecule is CCNCC(=O)N[C@@H](CC(=O)OCc1ccccc1)C(=O)N[C@@H](CC1CCCCC1)C(=O)OCc1ccccc1. The Balaban J connectivity index is 1.67. The lowest BCUT2D eigenvalue weighted by Gasteiger charge is -2.27. The first-order valence-corrected chi connectivity index (χ1v) is 14.1. The molecular weight excluding hydrogens is 510 g/mol. The van der Waals surface area contributed by atoms with Crippen molar-refractivity contribution in [2.75, 3.05) is 13.1 Å². The number of hydrogen-bond donors (Lipinski definition) is 3. The van der Waals surface area contributed by atoms with Gasteiger partial charge in [0.05, 0.1) is 13.0 Å². The minimum Gasteiger partial charge on any atom is -0.461 e. The van der Waals surface area contributed by atoms with Crippen molar-refractivity contribution in [2.45, 2.75) is 77.2 Å². The lowest BCUT2D eigenvalue weighted by atomic mass is 9.84. The Morgan fingerprint density at radius 3 is 2.00 bits per heavy atom. The monoisotopic (exact) mass is 551 g/mol. The molecule has 0 aromatic heterocycles. The molecule has 2 aromatic carbocycles. The van der Waals surface area contributed by atoms with Crippen molar-refractivity contribution in [1.29, 1.82) is 0 Å². The van der Waals surface area contributed by atoms with Gasteiger partial charge in [0.25, 0.3) is 0 Å². The van der Waals surface area contributed by atoms with Gasteiger partial charge in [-0.15, -0.1) is 0 Å². The van der Waals surface area contributed by atoms with Gasteiger partial charge in [0.2, 0.25) is 11.8 Å². The molecule has 0 radical (unpaired) electrons. The molecule has 0 spiro atoms. The Hall–Kier alpha value is -3.72. The third-order valence-corrected chi connectivity index (χ3v) is 6.92. The number of hydrogen-bond acceptors (Lipinski definition) is 7. The van der Waals surface area contributed by atoms with Gasteiger partial charge in [-0.05, 0) is 30.0 Å². The van der Waals surface area contributed by atoms with E-state index in [1.165, 1.54) is 0 Å². The molecule has 9 heteroatoms. The van der Waals surface area contributed by atoms with Crippen LogP contribution in [0.25, 0.3) is 0 Å². The molecule has 2 amide bonds. The van der Waals surface area contributed by atoms with Crippen LogP contribution in [0.5, 0.6) is 0 Å². The number of rotatable bonds is 15. The zero-order chi connectivity index (χ0) is 28.6. The van der Waals surface area contributed by atoms with Crippen molar-refractivity contribution in [3.05, 3.63) is 71.8 Å². The standard InChI is InChI=1S/C31H41N3O6/c1-2-32-20-28(35)33-26(19-29(36)39-21-24-14-8-4-9-15-24)30(37)34-27(18-23-12-6-3-7-13-23)31(38)40-22-25-16-10-5-11-17-25/h4-5,8-11,14-17,23,26-27,32H,2-3,6-7,12-13,18-22H2,1H3,(H,33,35)(H,34,37)/t26-,27-/m0/s1. The molecule has 9 nitrogen and oxygen atoms in total. The highest BCUT2D eigenvalue weighted by atomic mass is 16.5. The highest BCUT2D eigenvalue weighted by Crippen LogP contribution is 2.27. The maximum atomic E-state index is 13.4. The molecule has 0 aliphatic heterocycles. The summed E-state index contributed by atoms with van der Waals surface area (Å²) < 4.78 is 10.9. The molecule has 1 fully saturated rings. The van der Waals surface area contributed by atoms with Gasteiger partial charge < -0.3 is 25.4 Å². The fourth-order valence-corrected chi connectivity index (χ4v) is 4.73. The van der Waals surface area contributed by atoms with Crippen LogP contribution in [0.4, 0.5) is 0 Å². The number of benzene rings is 2. The van der Waals surface area contributed by atoms with E-state index in [9.17, 15) is 19.2 Å². The molecule has 0 unspecified atom stereocenters. The maximum Gasteiger partial charge on any atom is 0.328 e. The van der Waals surface area contributed by atoms with E-state index >= 15 is 0 Å². The Labute approximate surface area is 236 Å². The predicted molar refractivity (Wildman–Crippen MR) is 151 cm³/mol. The van der Waals surface area contributed by atoms with Crippen LogP contribution >= 0.6 is 0 Å². The second-order valence-corrected chi connectivity index (χ2v) is 10.1. The normalized spacial score (nSPS) is 14.9. The summed E-state index contributed by atoms with van der Waals surface area (Å²) in [5.41, 5.74) is 1.65. The summed E-state index contributed by atoms with van der Waals surface area (Å²) >= 11 is 0. The van der Waals surface area contributed by atoms with Crippen molar-refractivity contribution in [3.8, 4) is 0 Å². The van der Waals surface area contributed by atoms with Gasteiger partial charge in [0.15, 0.2) is 0 Å². The summed E-state index contributed by atoms with van der Waals surface area (Å²) in [4.78, 5) is 51.7. The van der Waals surface area contributed by atoms with E-state index in [1.807, 2.05) is 67.6 Å². The molecule has 1 saturated carbocycles. The van der Waals surface area contributed by atoms with Gasteiger partial charge >= 0.3 is 11.9 Å². The molecule has 0 bridgehead atoms. The second kappa shape index (κ2) is 17.1. The molecule has 0 heterocycles. The number of ether oxygens (including phenoxy) is 2. The Bertz CT molecular complexity index is 1070. The molecular formula is C31H41N3O6. The third kappa shape index (κ3) is 11.2. The Morgan fingerprint density at radius 2 is 1.40 bits per heavy atom. The van der Waals surface area contributed by atoms with E-state index in [0.717, 1.165) is 43.2 Å². The van der Waals surface area contributed by atoms with Crippen molar-refractivity contribution < 1.29 is 28.7 Å². The fourth-order valence-electron chi connectivity index (χ4n) is 4.73. The summed E-state index contributed by atoms with van der Waals surface area (Å²) in [6, 6.07) is 16.4. The van der Waals surface area contributed by atoms with E-state index in [-0.39, 0.29) is 32.1 Å². The number of carbonyl (C=O) groups excluding carboxylic acids is 4. The Morgan fingerprint density at radius 1 is 0.800 bits per heavy atom. The van der Waals surface area contributed by atoms with E-state index in [1.54, 1.807) is 0 Å². The van der Waals surface area contributed by atoms with Gasteiger partial charge in [-0.25, -0.2) is 4.79 Å². The quantitative estimate of drug-likeness (QED) is 0.290. The second-order valence-electron chi connectivity index (χ2n) is 10.1. The van der Waals surface area contributed by atoms with Gasteiger partial charge in [-0.3, -0.25) is 14.4 Å². The minimum absolute atomic E-state index is 0.00996. The van der Waals surface area contributed by atoms with Crippen LogP contribution in [-0.2, 0) is 41.9 Å².